The zero-order valence-electron chi connectivity index (χ0n) is 15.3. The fraction of sp³-hybridized carbons (Fsp3) is 0.579. The quantitative estimate of drug-likeness (QED) is 0.441. The van der Waals surface area contributed by atoms with Crippen LogP contribution in [0.2, 0.25) is 0 Å². The number of guanidine groups is 1. The maximum absolute atomic E-state index is 12.5. The number of fused-ring (bicyclic) bond motifs is 1. The summed E-state index contributed by atoms with van der Waals surface area (Å²) in [5.74, 6) is 0.334. The van der Waals surface area contributed by atoms with Crippen LogP contribution in [0.3, 0.4) is 0 Å². The zero-order chi connectivity index (χ0) is 18.2. The fourth-order valence-corrected chi connectivity index (χ4v) is 3.43. The van der Waals surface area contributed by atoms with E-state index in [4.69, 9.17) is 10.5 Å². The van der Waals surface area contributed by atoms with E-state index in [1.807, 2.05) is 23.1 Å². The number of anilines is 1. The minimum Gasteiger partial charge on any atom is -0.379 e. The molecule has 0 unspecified atom stereocenters. The van der Waals surface area contributed by atoms with Gasteiger partial charge in [-0.15, -0.1) is 0 Å². The van der Waals surface area contributed by atoms with E-state index in [1.165, 1.54) is 5.56 Å². The van der Waals surface area contributed by atoms with Crippen LogP contribution in [-0.2, 0) is 16.0 Å². The number of nitrogens with two attached hydrogens (primary N) is 1. The van der Waals surface area contributed by atoms with Gasteiger partial charge in [0.25, 0.3) is 0 Å². The molecule has 2 heterocycles. The highest BCUT2D eigenvalue weighted by Crippen LogP contribution is 2.26. The third-order valence-corrected chi connectivity index (χ3v) is 4.86. The number of carbonyl (C=O) groups excluding carboxylic acids is 1. The number of ether oxygens (including phenoxy) is 1. The van der Waals surface area contributed by atoms with Crippen LogP contribution in [0, 0.1) is 0 Å². The van der Waals surface area contributed by atoms with Gasteiger partial charge in [0.2, 0.25) is 5.91 Å². The van der Waals surface area contributed by atoms with Gasteiger partial charge in [0.1, 0.15) is 6.54 Å². The first-order valence-electron chi connectivity index (χ1n) is 9.46. The van der Waals surface area contributed by atoms with Gasteiger partial charge >= 0.3 is 0 Å². The molecule has 1 aromatic rings. The van der Waals surface area contributed by atoms with Crippen molar-refractivity contribution in [3.8, 4) is 0 Å². The first-order valence-corrected chi connectivity index (χ1v) is 9.46. The van der Waals surface area contributed by atoms with Gasteiger partial charge in [-0.3, -0.25) is 9.69 Å². The lowest BCUT2D eigenvalue weighted by Crippen LogP contribution is -2.40. The number of rotatable bonds is 6. The molecule has 1 saturated heterocycles. The minimum atomic E-state index is -0.00443. The number of aryl methyl sites for hydroxylation is 1. The van der Waals surface area contributed by atoms with Crippen molar-refractivity contribution in [1.29, 1.82) is 0 Å². The summed E-state index contributed by atoms with van der Waals surface area (Å²) in [5.41, 5.74) is 8.14. The molecule has 7 heteroatoms. The Kier molecular flexibility index (Phi) is 6.85. The average molecular weight is 359 g/mol. The summed E-state index contributed by atoms with van der Waals surface area (Å²) in [6.07, 6.45) is 3.00. The van der Waals surface area contributed by atoms with Crippen molar-refractivity contribution >= 4 is 17.6 Å². The molecule has 3 rings (SSSR count). The predicted octanol–water partition coefficient (Wildman–Crippen LogP) is 0.592. The van der Waals surface area contributed by atoms with E-state index < -0.39 is 0 Å². The number of hydrogen-bond acceptors (Lipinski definition) is 4. The Labute approximate surface area is 155 Å². The number of benzene rings is 1. The molecule has 1 aromatic carbocycles. The Hall–Kier alpha value is -2.12. The van der Waals surface area contributed by atoms with E-state index >= 15 is 0 Å². The van der Waals surface area contributed by atoms with Crippen molar-refractivity contribution in [3.05, 3.63) is 29.8 Å². The molecule has 2 aliphatic heterocycles. The van der Waals surface area contributed by atoms with Crippen molar-refractivity contribution in [2.45, 2.75) is 19.3 Å². The Balaban J connectivity index is 1.40. The van der Waals surface area contributed by atoms with E-state index in [9.17, 15) is 4.79 Å². The highest BCUT2D eigenvalue weighted by atomic mass is 16.5. The molecule has 0 atom stereocenters. The summed E-state index contributed by atoms with van der Waals surface area (Å²) in [6.45, 7) is 6.23. The molecule has 1 amide bonds. The molecule has 3 N–H and O–H groups in total. The lowest BCUT2D eigenvalue weighted by molar-refractivity contribution is -0.117. The molecular formula is C19H29N5O2. The maximum atomic E-state index is 12.5. The van der Waals surface area contributed by atoms with Gasteiger partial charge in [0.05, 0.1) is 13.2 Å². The molecule has 0 aromatic heterocycles. The van der Waals surface area contributed by atoms with Crippen LogP contribution in [0.15, 0.2) is 29.3 Å². The third-order valence-electron chi connectivity index (χ3n) is 4.86. The molecule has 7 nitrogen and oxygen atoms in total. The number of nitrogens with one attached hydrogen (secondary N) is 1. The first kappa shape index (κ1) is 18.7. The van der Waals surface area contributed by atoms with E-state index in [2.05, 4.69) is 21.3 Å². The van der Waals surface area contributed by atoms with Crippen molar-refractivity contribution in [1.82, 2.24) is 10.2 Å². The molecule has 0 aliphatic carbocycles. The van der Waals surface area contributed by atoms with Crippen LogP contribution >= 0.6 is 0 Å². The maximum Gasteiger partial charge on any atom is 0.248 e. The lowest BCUT2D eigenvalue weighted by Gasteiger charge is -2.29. The van der Waals surface area contributed by atoms with Crippen LogP contribution in [0.5, 0.6) is 0 Å². The van der Waals surface area contributed by atoms with Gasteiger partial charge in [-0.25, -0.2) is 4.99 Å². The first-order chi connectivity index (χ1) is 12.7. The standard InChI is InChI=1S/C19H29N5O2/c20-19(21-8-4-9-23-11-13-26-14-12-23)22-15-18(25)24-10-3-6-16-5-1-2-7-17(16)24/h1-2,5,7H,3-4,6,8-15H2,(H3,20,21,22). The number of nitrogens with zero attached hydrogens (tertiary/aromatic N) is 3. The summed E-state index contributed by atoms with van der Waals surface area (Å²) in [5, 5.41) is 3.10. The summed E-state index contributed by atoms with van der Waals surface area (Å²) in [4.78, 5) is 20.9. The third kappa shape index (κ3) is 5.19. The molecule has 0 spiro atoms. The van der Waals surface area contributed by atoms with Crippen molar-refractivity contribution in [3.63, 3.8) is 0 Å². The number of carbonyl (C=O) groups is 1. The van der Waals surface area contributed by atoms with E-state index in [1.54, 1.807) is 0 Å². The molecule has 0 bridgehead atoms. The van der Waals surface area contributed by atoms with Crippen LogP contribution in [-0.4, -0.2) is 69.2 Å². The predicted molar refractivity (Wildman–Crippen MR) is 103 cm³/mol. The number of para-hydroxylation sites is 1. The summed E-state index contributed by atoms with van der Waals surface area (Å²) < 4.78 is 5.34. The highest BCUT2D eigenvalue weighted by Gasteiger charge is 2.21. The van der Waals surface area contributed by atoms with E-state index in [-0.39, 0.29) is 12.5 Å². The number of hydrogen-bond donors (Lipinski definition) is 2. The van der Waals surface area contributed by atoms with E-state index in [0.717, 1.165) is 70.9 Å². The molecule has 142 valence electrons. The average Bonchev–Trinajstić information content (AvgIpc) is 2.70. The normalized spacial score (nSPS) is 18.5. The number of aliphatic imine (C=N–C) groups is 1. The van der Waals surface area contributed by atoms with Crippen molar-refractivity contribution in [2.75, 3.05) is 57.4 Å². The second-order valence-corrected chi connectivity index (χ2v) is 6.71. The highest BCUT2D eigenvalue weighted by molar-refractivity contribution is 5.97. The van der Waals surface area contributed by atoms with Crippen LogP contribution in [0.25, 0.3) is 0 Å². The lowest BCUT2D eigenvalue weighted by atomic mass is 10.0. The van der Waals surface area contributed by atoms with Crippen LogP contribution < -0.4 is 16.0 Å². The second-order valence-electron chi connectivity index (χ2n) is 6.71. The van der Waals surface area contributed by atoms with Gasteiger partial charge in [-0.2, -0.15) is 0 Å². The molecule has 0 saturated carbocycles. The smallest absolute Gasteiger partial charge is 0.248 e. The van der Waals surface area contributed by atoms with Gasteiger partial charge in [-0.05, 0) is 37.4 Å². The molecular weight excluding hydrogens is 330 g/mol. The Bertz CT molecular complexity index is 628. The number of amides is 1. The Morgan fingerprint density at radius 2 is 2.04 bits per heavy atom. The second kappa shape index (κ2) is 9.54. The van der Waals surface area contributed by atoms with Crippen molar-refractivity contribution in [2.24, 2.45) is 10.7 Å². The summed E-state index contributed by atoms with van der Waals surface area (Å²) in [6, 6.07) is 8.08. The SMILES string of the molecule is NC(=NCC(=O)N1CCCc2ccccc21)NCCCN1CCOCC1. The summed E-state index contributed by atoms with van der Waals surface area (Å²) >= 11 is 0. The Morgan fingerprint density at radius 3 is 2.88 bits per heavy atom. The zero-order valence-corrected chi connectivity index (χ0v) is 15.3. The van der Waals surface area contributed by atoms with E-state index in [0.29, 0.717) is 5.96 Å². The largest absolute Gasteiger partial charge is 0.379 e. The van der Waals surface area contributed by atoms with Crippen LogP contribution in [0.4, 0.5) is 5.69 Å². The van der Waals surface area contributed by atoms with Gasteiger partial charge in [0, 0.05) is 31.9 Å². The van der Waals surface area contributed by atoms with Gasteiger partial charge in [0.15, 0.2) is 5.96 Å². The Morgan fingerprint density at radius 1 is 1.23 bits per heavy atom. The monoisotopic (exact) mass is 359 g/mol. The number of morpholine rings is 1. The molecule has 0 radical (unpaired) electrons. The summed E-state index contributed by atoms with van der Waals surface area (Å²) in [7, 11) is 0. The molecule has 26 heavy (non-hydrogen) atoms. The minimum absolute atomic E-state index is 0.00443. The van der Waals surface area contributed by atoms with Gasteiger partial charge in [-0.1, -0.05) is 18.2 Å². The fourth-order valence-electron chi connectivity index (χ4n) is 3.43. The molecule has 2 aliphatic rings. The van der Waals surface area contributed by atoms with Gasteiger partial charge < -0.3 is 20.7 Å². The van der Waals surface area contributed by atoms with Crippen LogP contribution in [0.1, 0.15) is 18.4 Å². The van der Waals surface area contributed by atoms with Crippen molar-refractivity contribution < 1.29 is 9.53 Å². The topological polar surface area (TPSA) is 83.2 Å². The molecule has 1 fully saturated rings.